The second-order valence-electron chi connectivity index (χ2n) is 11.4. The summed E-state index contributed by atoms with van der Waals surface area (Å²) < 4.78 is 38.8. The number of anilines is 1. The van der Waals surface area contributed by atoms with Crippen molar-refractivity contribution in [1.82, 2.24) is 10.2 Å². The summed E-state index contributed by atoms with van der Waals surface area (Å²) in [7, 11) is -5.03. The van der Waals surface area contributed by atoms with Crippen LogP contribution in [0.4, 0.5) is 5.69 Å². The molecule has 1 heterocycles. The fraction of sp³-hybridized carbons (Fsp3) is 0.500. The Balaban J connectivity index is 2.01. The number of Topliss-reactive ketones (excluding diaryl/α,β-unsaturated/α-hetero) is 1. The Bertz CT molecular complexity index is 1340. The van der Waals surface area contributed by atoms with Crippen molar-refractivity contribution >= 4 is 51.2 Å². The summed E-state index contributed by atoms with van der Waals surface area (Å²) in [5.41, 5.74) is 0.481. The molecule has 3 atom stereocenters. The van der Waals surface area contributed by atoms with Gasteiger partial charge >= 0.3 is 5.97 Å². The molecule has 1 unspecified atom stereocenters. The third-order valence-corrected chi connectivity index (χ3v) is 7.62. The van der Waals surface area contributed by atoms with Crippen LogP contribution < -0.4 is 10.6 Å². The maximum absolute atomic E-state index is 13.0. The minimum atomic E-state index is -5.03. The van der Waals surface area contributed by atoms with Gasteiger partial charge in [0.25, 0.3) is 21.9 Å². The summed E-state index contributed by atoms with van der Waals surface area (Å²) in [4.78, 5) is 74.8. The maximum Gasteiger partial charge on any atom is 0.311 e. The van der Waals surface area contributed by atoms with Crippen molar-refractivity contribution in [2.45, 2.75) is 65.9 Å². The molecule has 14 heteroatoms. The molecule has 1 aromatic rings. The van der Waals surface area contributed by atoms with E-state index in [0.717, 1.165) is 12.2 Å². The lowest BCUT2D eigenvalue weighted by atomic mass is 9.88. The van der Waals surface area contributed by atoms with Gasteiger partial charge in [-0.05, 0) is 51.3 Å². The molecule has 0 aromatic heterocycles. The summed E-state index contributed by atoms with van der Waals surface area (Å²) in [6.45, 7) is 9.04. The van der Waals surface area contributed by atoms with Crippen LogP contribution in [-0.2, 0) is 50.2 Å². The van der Waals surface area contributed by atoms with E-state index >= 15 is 0 Å². The fourth-order valence-electron chi connectivity index (χ4n) is 3.80. The summed E-state index contributed by atoms with van der Waals surface area (Å²) in [5.74, 6) is -5.94. The zero-order valence-electron chi connectivity index (χ0n) is 24.4. The SMILES string of the molecule is CC(C)[C@H](CC(=O)C(CN1C(=O)C=CC1=O)S(=O)(=O)O)C(=O)N[C@@H](C)C(=O)Nc1ccc(COC(=O)C(C)(C)C)cc1. The van der Waals surface area contributed by atoms with E-state index in [2.05, 4.69) is 10.6 Å². The third-order valence-electron chi connectivity index (χ3n) is 6.49. The number of hydrogen-bond acceptors (Lipinski definition) is 9. The van der Waals surface area contributed by atoms with Crippen molar-refractivity contribution < 1.29 is 46.5 Å². The van der Waals surface area contributed by atoms with Gasteiger partial charge in [-0.2, -0.15) is 8.42 Å². The van der Waals surface area contributed by atoms with Crippen LogP contribution in [0.25, 0.3) is 0 Å². The topological polar surface area (TPSA) is 193 Å². The Morgan fingerprint density at radius 1 is 0.952 bits per heavy atom. The van der Waals surface area contributed by atoms with Gasteiger partial charge in [0.1, 0.15) is 12.6 Å². The molecule has 1 aliphatic heterocycles. The van der Waals surface area contributed by atoms with Crippen molar-refractivity contribution in [2.75, 3.05) is 11.9 Å². The summed E-state index contributed by atoms with van der Waals surface area (Å²) in [6.07, 6.45) is 1.18. The predicted molar refractivity (Wildman–Crippen MR) is 151 cm³/mol. The number of amides is 4. The molecule has 230 valence electrons. The molecule has 1 aliphatic rings. The van der Waals surface area contributed by atoms with Gasteiger partial charge in [0.2, 0.25) is 11.8 Å². The van der Waals surface area contributed by atoms with Crippen molar-refractivity contribution in [3.63, 3.8) is 0 Å². The molecule has 13 nitrogen and oxygen atoms in total. The first kappa shape index (κ1) is 34.3. The second-order valence-corrected chi connectivity index (χ2v) is 13.0. The van der Waals surface area contributed by atoms with Gasteiger partial charge in [-0.25, -0.2) is 0 Å². The number of ether oxygens (including phenoxy) is 1. The minimum Gasteiger partial charge on any atom is -0.460 e. The van der Waals surface area contributed by atoms with E-state index in [9.17, 15) is 41.7 Å². The molecular weight excluding hydrogens is 570 g/mol. The van der Waals surface area contributed by atoms with Gasteiger partial charge in [0.15, 0.2) is 11.0 Å². The number of carbonyl (C=O) groups is 6. The minimum absolute atomic E-state index is 0.0616. The molecule has 1 aromatic carbocycles. The van der Waals surface area contributed by atoms with Crippen LogP contribution in [0.2, 0.25) is 0 Å². The van der Waals surface area contributed by atoms with Crippen LogP contribution >= 0.6 is 0 Å². The van der Waals surface area contributed by atoms with Gasteiger partial charge in [0, 0.05) is 30.2 Å². The number of rotatable bonds is 13. The average molecular weight is 608 g/mol. The molecule has 0 saturated heterocycles. The molecule has 0 spiro atoms. The van der Waals surface area contributed by atoms with Crippen LogP contribution in [0.3, 0.4) is 0 Å². The van der Waals surface area contributed by atoms with Crippen LogP contribution in [0.5, 0.6) is 0 Å². The largest absolute Gasteiger partial charge is 0.460 e. The molecule has 0 radical (unpaired) electrons. The Morgan fingerprint density at radius 3 is 1.98 bits per heavy atom. The van der Waals surface area contributed by atoms with E-state index in [4.69, 9.17) is 4.74 Å². The van der Waals surface area contributed by atoms with Crippen molar-refractivity contribution in [3.8, 4) is 0 Å². The molecule has 0 bridgehead atoms. The predicted octanol–water partition coefficient (Wildman–Crippen LogP) is 1.63. The Hall–Kier alpha value is -3.91. The van der Waals surface area contributed by atoms with E-state index in [0.29, 0.717) is 16.2 Å². The highest BCUT2D eigenvalue weighted by Gasteiger charge is 2.39. The van der Waals surface area contributed by atoms with Crippen molar-refractivity contribution in [2.24, 2.45) is 17.3 Å². The van der Waals surface area contributed by atoms with Crippen molar-refractivity contribution in [3.05, 3.63) is 42.0 Å². The average Bonchev–Trinajstić information content (AvgIpc) is 3.19. The van der Waals surface area contributed by atoms with Gasteiger partial charge in [0.05, 0.1) is 12.0 Å². The number of benzene rings is 1. The van der Waals surface area contributed by atoms with Gasteiger partial charge in [-0.15, -0.1) is 0 Å². The van der Waals surface area contributed by atoms with Crippen LogP contribution in [0.1, 0.15) is 53.5 Å². The lowest BCUT2D eigenvalue weighted by Gasteiger charge is -2.25. The van der Waals surface area contributed by atoms with E-state index in [1.165, 1.54) is 6.92 Å². The first-order valence-corrected chi connectivity index (χ1v) is 14.7. The van der Waals surface area contributed by atoms with Crippen LogP contribution in [0, 0.1) is 17.3 Å². The lowest BCUT2D eigenvalue weighted by Crippen LogP contribution is -2.48. The Kier molecular flexibility index (Phi) is 11.3. The van der Waals surface area contributed by atoms with Gasteiger partial charge in [-0.1, -0.05) is 26.0 Å². The fourth-order valence-corrected chi connectivity index (χ4v) is 4.57. The van der Waals surface area contributed by atoms with E-state index in [1.54, 1.807) is 58.9 Å². The first-order valence-electron chi connectivity index (χ1n) is 13.2. The van der Waals surface area contributed by atoms with E-state index in [-0.39, 0.29) is 12.6 Å². The molecule has 3 N–H and O–H groups in total. The zero-order valence-corrected chi connectivity index (χ0v) is 25.2. The molecule has 4 amide bonds. The number of carbonyl (C=O) groups excluding carboxylic acids is 6. The molecular formula is C28H37N3O10S. The maximum atomic E-state index is 13.0. The smallest absolute Gasteiger partial charge is 0.311 e. The number of ketones is 1. The quantitative estimate of drug-likeness (QED) is 0.169. The standard InChI is InChI=1S/C28H37N3O10S/c1-16(2)20(13-21(32)22(42(38,39)40)14-31-23(33)11-12-24(31)34)26(36)29-17(3)25(35)30-19-9-7-18(8-10-19)15-41-27(37)28(4,5)6/h7-12,16-17,20,22H,13-15H2,1-6H3,(H,29,36)(H,30,35)(H,38,39,40)/t17-,20-,22?/m0/s1. The molecule has 0 saturated carbocycles. The lowest BCUT2D eigenvalue weighted by molar-refractivity contribution is -0.154. The number of imide groups is 1. The first-order chi connectivity index (χ1) is 19.3. The summed E-state index contributed by atoms with van der Waals surface area (Å²) >= 11 is 0. The number of esters is 1. The molecule has 0 fully saturated rings. The monoisotopic (exact) mass is 607 g/mol. The Morgan fingerprint density at radius 2 is 1.50 bits per heavy atom. The van der Waals surface area contributed by atoms with E-state index in [1.807, 2.05) is 0 Å². The number of hydrogen-bond donors (Lipinski definition) is 3. The third kappa shape index (κ3) is 9.58. The molecule has 2 rings (SSSR count). The summed E-state index contributed by atoms with van der Waals surface area (Å²) in [6, 6.07) is 5.48. The second kappa shape index (κ2) is 13.8. The normalized spacial score (nSPS) is 15.8. The van der Waals surface area contributed by atoms with Crippen molar-refractivity contribution in [1.29, 1.82) is 0 Å². The van der Waals surface area contributed by atoms with Gasteiger partial charge < -0.3 is 15.4 Å². The Labute approximate surface area is 244 Å². The highest BCUT2D eigenvalue weighted by atomic mass is 32.2. The summed E-state index contributed by atoms with van der Waals surface area (Å²) in [5, 5.41) is 3.01. The highest BCUT2D eigenvalue weighted by molar-refractivity contribution is 7.87. The number of nitrogens with one attached hydrogen (secondary N) is 2. The van der Waals surface area contributed by atoms with E-state index < -0.39 is 81.0 Å². The van der Waals surface area contributed by atoms with Crippen LogP contribution in [-0.4, -0.2) is 71.1 Å². The number of nitrogens with zero attached hydrogens (tertiary/aromatic N) is 1. The van der Waals surface area contributed by atoms with Gasteiger partial charge in [-0.3, -0.25) is 38.2 Å². The zero-order chi connectivity index (χ0) is 32.0. The molecule has 0 aliphatic carbocycles. The van der Waals surface area contributed by atoms with Crippen LogP contribution in [0.15, 0.2) is 36.4 Å². The molecule has 42 heavy (non-hydrogen) atoms. The highest BCUT2D eigenvalue weighted by Crippen LogP contribution is 2.21.